The number of nitrogens with one attached hydrogen (secondary N) is 2. The lowest BCUT2D eigenvalue weighted by Crippen LogP contribution is -2.44. The molecule has 6 nitrogen and oxygen atoms in total. The van der Waals surface area contributed by atoms with Crippen LogP contribution in [0.4, 0.5) is 5.69 Å². The SMILES string of the molecule is CCOc1ccc(NC(=O)C(=O)NCC(C)(O)CCSC)cc1. The molecule has 1 unspecified atom stereocenters. The number of hydrogen-bond acceptors (Lipinski definition) is 5. The third-order valence-electron chi connectivity index (χ3n) is 3.10. The van der Waals surface area contributed by atoms with Crippen LogP contribution in [-0.4, -0.2) is 47.7 Å². The fourth-order valence-corrected chi connectivity index (χ4v) is 2.39. The molecule has 7 heteroatoms. The van der Waals surface area contributed by atoms with E-state index in [1.54, 1.807) is 43.0 Å². The van der Waals surface area contributed by atoms with Gasteiger partial charge >= 0.3 is 11.8 Å². The molecular weight excluding hydrogens is 316 g/mol. The largest absolute Gasteiger partial charge is 0.494 e. The van der Waals surface area contributed by atoms with E-state index < -0.39 is 17.4 Å². The van der Waals surface area contributed by atoms with E-state index in [1.165, 1.54) is 0 Å². The molecule has 0 saturated heterocycles. The van der Waals surface area contributed by atoms with Crippen molar-refractivity contribution in [2.24, 2.45) is 0 Å². The van der Waals surface area contributed by atoms with Crippen LogP contribution in [0.1, 0.15) is 20.3 Å². The van der Waals surface area contributed by atoms with Gasteiger partial charge in [0.25, 0.3) is 0 Å². The van der Waals surface area contributed by atoms with Gasteiger partial charge in [-0.3, -0.25) is 9.59 Å². The van der Waals surface area contributed by atoms with Gasteiger partial charge in [0.2, 0.25) is 0 Å². The average Bonchev–Trinajstić information content (AvgIpc) is 2.53. The maximum Gasteiger partial charge on any atom is 0.313 e. The first-order valence-corrected chi connectivity index (χ1v) is 8.80. The molecule has 1 rings (SSSR count). The molecule has 23 heavy (non-hydrogen) atoms. The number of rotatable bonds is 8. The number of amides is 2. The molecule has 0 aliphatic carbocycles. The zero-order valence-corrected chi connectivity index (χ0v) is 14.5. The van der Waals surface area contributed by atoms with Crippen LogP contribution in [0.3, 0.4) is 0 Å². The van der Waals surface area contributed by atoms with Gasteiger partial charge in [0.05, 0.1) is 12.2 Å². The number of anilines is 1. The first-order chi connectivity index (χ1) is 10.9. The summed E-state index contributed by atoms with van der Waals surface area (Å²) >= 11 is 1.61. The highest BCUT2D eigenvalue weighted by molar-refractivity contribution is 7.98. The van der Waals surface area contributed by atoms with Crippen molar-refractivity contribution in [3.63, 3.8) is 0 Å². The van der Waals surface area contributed by atoms with Crippen LogP contribution >= 0.6 is 11.8 Å². The van der Waals surface area contributed by atoms with Crippen LogP contribution in [0.5, 0.6) is 5.75 Å². The van der Waals surface area contributed by atoms with Crippen LogP contribution in [0, 0.1) is 0 Å². The van der Waals surface area contributed by atoms with Gasteiger partial charge < -0.3 is 20.5 Å². The van der Waals surface area contributed by atoms with Crippen LogP contribution in [0.25, 0.3) is 0 Å². The standard InChI is InChI=1S/C16H24N2O4S/c1-4-22-13-7-5-12(6-8-13)18-15(20)14(19)17-11-16(2,21)9-10-23-3/h5-8,21H,4,9-11H2,1-3H3,(H,17,19)(H,18,20). The van der Waals surface area contributed by atoms with Gasteiger partial charge in [-0.25, -0.2) is 0 Å². The topological polar surface area (TPSA) is 87.7 Å². The van der Waals surface area contributed by atoms with Gasteiger partial charge in [0.1, 0.15) is 5.75 Å². The average molecular weight is 340 g/mol. The van der Waals surface area contributed by atoms with E-state index in [2.05, 4.69) is 10.6 Å². The van der Waals surface area contributed by atoms with Gasteiger partial charge in [-0.15, -0.1) is 0 Å². The Bertz CT molecular complexity index is 517. The quantitative estimate of drug-likeness (QED) is 0.626. The second-order valence-corrected chi connectivity index (χ2v) is 6.32. The van der Waals surface area contributed by atoms with E-state index in [4.69, 9.17) is 4.74 Å². The minimum Gasteiger partial charge on any atom is -0.494 e. The highest BCUT2D eigenvalue weighted by Crippen LogP contribution is 2.15. The summed E-state index contributed by atoms with van der Waals surface area (Å²) in [5, 5.41) is 15.0. The van der Waals surface area contributed by atoms with E-state index >= 15 is 0 Å². The van der Waals surface area contributed by atoms with Crippen LogP contribution < -0.4 is 15.4 Å². The summed E-state index contributed by atoms with van der Waals surface area (Å²) in [6.07, 6.45) is 2.48. The molecule has 1 atom stereocenters. The molecule has 0 aliphatic heterocycles. The highest BCUT2D eigenvalue weighted by atomic mass is 32.2. The Balaban J connectivity index is 2.46. The fraction of sp³-hybridized carbons (Fsp3) is 0.500. The number of benzene rings is 1. The molecular formula is C16H24N2O4S. The summed E-state index contributed by atoms with van der Waals surface area (Å²) in [6, 6.07) is 6.74. The molecule has 128 valence electrons. The highest BCUT2D eigenvalue weighted by Gasteiger charge is 2.22. The molecule has 0 aliphatic rings. The van der Waals surface area contributed by atoms with E-state index in [0.717, 1.165) is 5.75 Å². The Hall–Kier alpha value is -1.73. The maximum absolute atomic E-state index is 11.8. The van der Waals surface area contributed by atoms with Crippen molar-refractivity contribution >= 4 is 29.3 Å². The van der Waals surface area contributed by atoms with E-state index in [1.807, 2.05) is 13.2 Å². The number of aliphatic hydroxyl groups is 1. The Morgan fingerprint density at radius 1 is 1.26 bits per heavy atom. The van der Waals surface area contributed by atoms with Crippen molar-refractivity contribution in [1.29, 1.82) is 0 Å². The lowest BCUT2D eigenvalue weighted by Gasteiger charge is -2.23. The summed E-state index contributed by atoms with van der Waals surface area (Å²) < 4.78 is 5.30. The molecule has 0 fully saturated rings. The molecule has 0 bridgehead atoms. The molecule has 0 radical (unpaired) electrons. The third kappa shape index (κ3) is 7.38. The lowest BCUT2D eigenvalue weighted by molar-refractivity contribution is -0.136. The van der Waals surface area contributed by atoms with Crippen LogP contribution in [0.2, 0.25) is 0 Å². The van der Waals surface area contributed by atoms with Gasteiger partial charge in [-0.2, -0.15) is 11.8 Å². The molecule has 3 N–H and O–H groups in total. The fourth-order valence-electron chi connectivity index (χ4n) is 1.75. The minimum absolute atomic E-state index is 0.0308. The Morgan fingerprint density at radius 2 is 1.91 bits per heavy atom. The van der Waals surface area contributed by atoms with E-state index in [9.17, 15) is 14.7 Å². The summed E-state index contributed by atoms with van der Waals surface area (Å²) in [5.74, 6) is -0.0701. The number of carbonyl (C=O) groups excluding carboxylic acids is 2. The zero-order valence-electron chi connectivity index (χ0n) is 13.7. The third-order valence-corrected chi connectivity index (χ3v) is 3.72. The van der Waals surface area contributed by atoms with Crippen molar-refractivity contribution < 1.29 is 19.4 Å². The van der Waals surface area contributed by atoms with E-state index in [0.29, 0.717) is 24.5 Å². The van der Waals surface area contributed by atoms with Gasteiger partial charge in [0, 0.05) is 12.2 Å². The van der Waals surface area contributed by atoms with Gasteiger partial charge in [0.15, 0.2) is 0 Å². The lowest BCUT2D eigenvalue weighted by atomic mass is 10.0. The Kier molecular flexibility index (Phi) is 7.91. The molecule has 2 amide bonds. The van der Waals surface area contributed by atoms with Gasteiger partial charge in [-0.1, -0.05) is 0 Å². The molecule has 0 aromatic heterocycles. The van der Waals surface area contributed by atoms with Crippen LogP contribution in [0.15, 0.2) is 24.3 Å². The van der Waals surface area contributed by atoms with Crippen LogP contribution in [-0.2, 0) is 9.59 Å². The summed E-state index contributed by atoms with van der Waals surface area (Å²) in [6.45, 7) is 4.11. The zero-order chi connectivity index (χ0) is 17.3. The second kappa shape index (κ2) is 9.42. The Morgan fingerprint density at radius 3 is 2.48 bits per heavy atom. The molecule has 1 aromatic rings. The maximum atomic E-state index is 11.8. The molecule has 0 spiro atoms. The monoisotopic (exact) mass is 340 g/mol. The number of ether oxygens (including phenoxy) is 1. The molecule has 0 saturated carbocycles. The number of carbonyl (C=O) groups is 2. The van der Waals surface area contributed by atoms with Gasteiger partial charge in [-0.05, 0) is 56.5 Å². The van der Waals surface area contributed by atoms with E-state index in [-0.39, 0.29) is 6.54 Å². The first-order valence-electron chi connectivity index (χ1n) is 7.41. The van der Waals surface area contributed by atoms with Crippen molar-refractivity contribution in [1.82, 2.24) is 5.32 Å². The second-order valence-electron chi connectivity index (χ2n) is 5.33. The number of thioether (sulfide) groups is 1. The van der Waals surface area contributed by atoms with Crippen molar-refractivity contribution in [2.45, 2.75) is 25.9 Å². The Labute approximate surface area is 141 Å². The first kappa shape index (κ1) is 19.3. The summed E-state index contributed by atoms with van der Waals surface area (Å²) in [5.41, 5.74) is -0.527. The summed E-state index contributed by atoms with van der Waals surface area (Å²) in [7, 11) is 0. The smallest absolute Gasteiger partial charge is 0.313 e. The van der Waals surface area contributed by atoms with Crippen molar-refractivity contribution in [3.05, 3.63) is 24.3 Å². The normalized spacial score (nSPS) is 13.0. The molecule has 0 heterocycles. The van der Waals surface area contributed by atoms with Crippen molar-refractivity contribution in [2.75, 3.05) is 30.5 Å². The summed E-state index contributed by atoms with van der Waals surface area (Å²) in [4.78, 5) is 23.6. The predicted molar refractivity (Wildman–Crippen MR) is 92.9 cm³/mol. The van der Waals surface area contributed by atoms with Crippen molar-refractivity contribution in [3.8, 4) is 5.75 Å². The minimum atomic E-state index is -1.03. The molecule has 1 aromatic carbocycles. The number of hydrogen-bond donors (Lipinski definition) is 3. The predicted octanol–water partition coefficient (Wildman–Crippen LogP) is 1.64.